The molecule has 3 nitrogen and oxygen atoms in total. The molecular weight excluding hydrogens is 284 g/mol. The highest BCUT2D eigenvalue weighted by molar-refractivity contribution is 5.97. The minimum Gasteiger partial charge on any atom is -0.372 e. The van der Waals surface area contributed by atoms with Gasteiger partial charge < -0.3 is 4.90 Å². The third-order valence-corrected chi connectivity index (χ3v) is 3.99. The van der Waals surface area contributed by atoms with Crippen molar-refractivity contribution < 1.29 is 4.79 Å². The smallest absolute Gasteiger partial charge is 0.176 e. The van der Waals surface area contributed by atoms with Crippen LogP contribution in [-0.2, 0) is 0 Å². The molecule has 1 aromatic rings. The van der Waals surface area contributed by atoms with Gasteiger partial charge in [-0.2, -0.15) is 0 Å². The molecule has 0 aromatic heterocycles. The van der Waals surface area contributed by atoms with Crippen LogP contribution >= 0.6 is 0 Å². The molecule has 1 rings (SSSR count). The van der Waals surface area contributed by atoms with Gasteiger partial charge in [0.2, 0.25) is 0 Å². The SMILES string of the molecule is CCCN(CCC)CC(=O)c1ccc(N(CCC)CCC)cc1. The van der Waals surface area contributed by atoms with Gasteiger partial charge in [0.25, 0.3) is 0 Å². The Morgan fingerprint density at radius 1 is 0.783 bits per heavy atom. The highest BCUT2D eigenvalue weighted by atomic mass is 16.1. The minimum absolute atomic E-state index is 0.232. The Morgan fingerprint density at radius 3 is 1.70 bits per heavy atom. The summed E-state index contributed by atoms with van der Waals surface area (Å²) < 4.78 is 0. The topological polar surface area (TPSA) is 23.6 Å². The summed E-state index contributed by atoms with van der Waals surface area (Å²) >= 11 is 0. The third-order valence-electron chi connectivity index (χ3n) is 3.99. The number of rotatable bonds is 12. The van der Waals surface area contributed by atoms with E-state index in [1.807, 2.05) is 12.1 Å². The number of benzene rings is 1. The van der Waals surface area contributed by atoms with E-state index in [1.54, 1.807) is 0 Å². The number of carbonyl (C=O) groups excluding carboxylic acids is 1. The van der Waals surface area contributed by atoms with Crippen molar-refractivity contribution in [2.24, 2.45) is 0 Å². The molecule has 0 fully saturated rings. The van der Waals surface area contributed by atoms with Crippen LogP contribution in [0, 0.1) is 0 Å². The van der Waals surface area contributed by atoms with E-state index in [1.165, 1.54) is 5.69 Å². The number of hydrogen-bond donors (Lipinski definition) is 0. The first-order chi connectivity index (χ1) is 11.2. The molecule has 130 valence electrons. The van der Waals surface area contributed by atoms with E-state index in [0.29, 0.717) is 6.54 Å². The lowest BCUT2D eigenvalue weighted by Gasteiger charge is -2.24. The molecule has 0 spiro atoms. The number of Topliss-reactive ketones (excluding diaryl/α,β-unsaturated/α-hetero) is 1. The van der Waals surface area contributed by atoms with E-state index >= 15 is 0 Å². The number of anilines is 1. The zero-order valence-corrected chi connectivity index (χ0v) is 15.5. The maximum atomic E-state index is 12.5. The van der Waals surface area contributed by atoms with Crippen molar-refractivity contribution in [2.45, 2.75) is 53.4 Å². The lowest BCUT2D eigenvalue weighted by molar-refractivity contribution is 0.0930. The molecule has 0 heterocycles. The van der Waals surface area contributed by atoms with Gasteiger partial charge >= 0.3 is 0 Å². The van der Waals surface area contributed by atoms with Gasteiger partial charge in [-0.1, -0.05) is 27.7 Å². The Hall–Kier alpha value is -1.35. The largest absolute Gasteiger partial charge is 0.372 e. The maximum absolute atomic E-state index is 12.5. The first-order valence-corrected chi connectivity index (χ1v) is 9.26. The highest BCUT2D eigenvalue weighted by Gasteiger charge is 2.12. The summed E-state index contributed by atoms with van der Waals surface area (Å²) in [5, 5.41) is 0. The Morgan fingerprint density at radius 2 is 1.26 bits per heavy atom. The van der Waals surface area contributed by atoms with Gasteiger partial charge in [0.05, 0.1) is 6.54 Å². The summed E-state index contributed by atoms with van der Waals surface area (Å²) in [6.07, 6.45) is 4.47. The Balaban J connectivity index is 2.72. The molecule has 0 unspecified atom stereocenters. The summed E-state index contributed by atoms with van der Waals surface area (Å²) in [6.45, 7) is 13.4. The third kappa shape index (κ3) is 6.74. The average Bonchev–Trinajstić information content (AvgIpc) is 2.55. The standard InChI is InChI=1S/C20H34N2O/c1-5-13-21(14-6-2)17-20(23)18-9-11-19(12-10-18)22(15-7-3)16-8-4/h9-12H,5-8,13-17H2,1-4H3. The van der Waals surface area contributed by atoms with Crippen LogP contribution in [0.5, 0.6) is 0 Å². The van der Waals surface area contributed by atoms with Crippen molar-refractivity contribution in [3.8, 4) is 0 Å². The quantitative estimate of drug-likeness (QED) is 0.525. The fourth-order valence-electron chi connectivity index (χ4n) is 2.96. The van der Waals surface area contributed by atoms with Gasteiger partial charge in [-0.05, 0) is 63.0 Å². The normalized spacial score (nSPS) is 11.0. The van der Waals surface area contributed by atoms with E-state index in [9.17, 15) is 4.79 Å². The van der Waals surface area contributed by atoms with Crippen LogP contribution in [-0.4, -0.2) is 43.4 Å². The summed E-state index contributed by atoms with van der Waals surface area (Å²) in [4.78, 5) is 17.1. The van der Waals surface area contributed by atoms with Gasteiger partial charge in [-0.25, -0.2) is 0 Å². The fraction of sp³-hybridized carbons (Fsp3) is 0.650. The van der Waals surface area contributed by atoms with Crippen LogP contribution in [0.25, 0.3) is 0 Å². The molecule has 0 N–H and O–H groups in total. The van der Waals surface area contributed by atoms with Gasteiger partial charge in [-0.3, -0.25) is 9.69 Å². The van der Waals surface area contributed by atoms with Gasteiger partial charge in [-0.15, -0.1) is 0 Å². The van der Waals surface area contributed by atoms with Crippen LogP contribution in [0.2, 0.25) is 0 Å². The van der Waals surface area contributed by atoms with E-state index in [-0.39, 0.29) is 5.78 Å². The zero-order valence-electron chi connectivity index (χ0n) is 15.5. The maximum Gasteiger partial charge on any atom is 0.176 e. The van der Waals surface area contributed by atoms with Crippen LogP contribution in [0.15, 0.2) is 24.3 Å². The second-order valence-electron chi connectivity index (χ2n) is 6.23. The zero-order chi connectivity index (χ0) is 17.1. The van der Waals surface area contributed by atoms with Crippen LogP contribution < -0.4 is 4.90 Å². The molecular formula is C20H34N2O. The molecule has 0 bridgehead atoms. The molecule has 23 heavy (non-hydrogen) atoms. The minimum atomic E-state index is 0.232. The van der Waals surface area contributed by atoms with Crippen LogP contribution in [0.4, 0.5) is 5.69 Å². The lowest BCUT2D eigenvalue weighted by atomic mass is 10.1. The van der Waals surface area contributed by atoms with Crippen molar-refractivity contribution >= 4 is 11.5 Å². The number of ketones is 1. The van der Waals surface area contributed by atoms with Gasteiger partial charge in [0, 0.05) is 24.3 Å². The molecule has 0 aliphatic heterocycles. The van der Waals surface area contributed by atoms with Crippen molar-refractivity contribution in [3.05, 3.63) is 29.8 Å². The molecule has 0 atom stereocenters. The number of carbonyl (C=O) groups is 1. The molecule has 0 amide bonds. The van der Waals surface area contributed by atoms with Gasteiger partial charge in [0.1, 0.15) is 0 Å². The average molecular weight is 319 g/mol. The monoisotopic (exact) mass is 318 g/mol. The van der Waals surface area contributed by atoms with Gasteiger partial charge in [0.15, 0.2) is 5.78 Å². The first-order valence-electron chi connectivity index (χ1n) is 9.26. The number of hydrogen-bond acceptors (Lipinski definition) is 3. The Kier molecular flexibility index (Phi) is 9.61. The lowest BCUT2D eigenvalue weighted by Crippen LogP contribution is -2.31. The van der Waals surface area contributed by atoms with Crippen molar-refractivity contribution in [2.75, 3.05) is 37.6 Å². The molecule has 3 heteroatoms. The molecule has 0 radical (unpaired) electrons. The van der Waals surface area contributed by atoms with Crippen LogP contribution in [0.3, 0.4) is 0 Å². The predicted octanol–water partition coefficient (Wildman–Crippen LogP) is 4.62. The molecule has 1 aromatic carbocycles. The van der Waals surface area contributed by atoms with Crippen molar-refractivity contribution in [1.82, 2.24) is 4.90 Å². The summed E-state index contributed by atoms with van der Waals surface area (Å²) in [5.74, 6) is 0.232. The van der Waals surface area contributed by atoms with Crippen molar-refractivity contribution in [3.63, 3.8) is 0 Å². The first kappa shape index (κ1) is 19.7. The van der Waals surface area contributed by atoms with Crippen molar-refractivity contribution in [1.29, 1.82) is 0 Å². The summed E-state index contributed by atoms with van der Waals surface area (Å²) in [5.41, 5.74) is 2.06. The van der Waals surface area contributed by atoms with E-state index in [0.717, 1.165) is 57.4 Å². The van der Waals surface area contributed by atoms with E-state index < -0.39 is 0 Å². The van der Waals surface area contributed by atoms with Crippen LogP contribution in [0.1, 0.15) is 63.7 Å². The molecule has 0 saturated heterocycles. The molecule has 0 saturated carbocycles. The molecule has 0 aliphatic carbocycles. The van der Waals surface area contributed by atoms with E-state index in [4.69, 9.17) is 0 Å². The highest BCUT2D eigenvalue weighted by Crippen LogP contribution is 2.17. The second-order valence-corrected chi connectivity index (χ2v) is 6.23. The Labute approximate surface area is 142 Å². The fourth-order valence-corrected chi connectivity index (χ4v) is 2.96. The van der Waals surface area contributed by atoms with E-state index in [2.05, 4.69) is 49.6 Å². The second kappa shape index (κ2) is 11.2. The summed E-state index contributed by atoms with van der Waals surface area (Å²) in [6, 6.07) is 8.18. The number of nitrogens with zero attached hydrogens (tertiary/aromatic N) is 2. The molecule has 0 aliphatic rings. The Bertz CT molecular complexity index is 429. The predicted molar refractivity (Wildman–Crippen MR) is 101 cm³/mol. The summed E-state index contributed by atoms with van der Waals surface area (Å²) in [7, 11) is 0.